The lowest BCUT2D eigenvalue weighted by Crippen LogP contribution is -2.16. The topological polar surface area (TPSA) is 52.0 Å². The molecule has 0 spiro atoms. The van der Waals surface area contributed by atoms with E-state index in [-0.39, 0.29) is 5.75 Å². The van der Waals surface area contributed by atoms with E-state index in [0.29, 0.717) is 16.9 Å². The second-order valence-electron chi connectivity index (χ2n) is 4.65. The minimum Gasteiger partial charge on any atom is -0.232 e. The van der Waals surface area contributed by atoms with Crippen molar-refractivity contribution in [2.45, 2.75) is 12.7 Å². The molecular weight excluding hydrogens is 272 g/mol. The highest BCUT2D eigenvalue weighted by Crippen LogP contribution is 2.20. The average Bonchev–Trinajstić information content (AvgIpc) is 2.75. The SMILES string of the molecule is Cc1nc2ccccc2n1S(=O)(=O)Cc1ccccc1. The van der Waals surface area contributed by atoms with Crippen LogP contribution in [0.1, 0.15) is 11.4 Å². The van der Waals surface area contributed by atoms with Crippen LogP contribution in [0.4, 0.5) is 0 Å². The van der Waals surface area contributed by atoms with Crippen LogP contribution in [0.3, 0.4) is 0 Å². The predicted octanol–water partition coefficient (Wildman–Crippen LogP) is 2.72. The molecule has 0 fully saturated rings. The summed E-state index contributed by atoms with van der Waals surface area (Å²) in [7, 11) is -3.47. The molecule has 0 aliphatic carbocycles. The van der Waals surface area contributed by atoms with Crippen molar-refractivity contribution in [1.82, 2.24) is 8.96 Å². The van der Waals surface area contributed by atoms with Gasteiger partial charge in [-0.25, -0.2) is 17.4 Å². The first-order valence-electron chi connectivity index (χ1n) is 6.29. The Bertz CT molecular complexity index is 852. The highest BCUT2D eigenvalue weighted by molar-refractivity contribution is 7.89. The number of nitrogens with zero attached hydrogens (tertiary/aromatic N) is 2. The molecule has 0 aliphatic heterocycles. The lowest BCUT2D eigenvalue weighted by atomic mass is 10.2. The normalized spacial score (nSPS) is 11.8. The van der Waals surface area contributed by atoms with Gasteiger partial charge in [-0.1, -0.05) is 42.5 Å². The van der Waals surface area contributed by atoms with Crippen molar-refractivity contribution in [3.8, 4) is 0 Å². The molecule has 0 amide bonds. The predicted molar refractivity (Wildman–Crippen MR) is 78.9 cm³/mol. The minimum atomic E-state index is -3.47. The van der Waals surface area contributed by atoms with Crippen molar-refractivity contribution in [3.05, 3.63) is 66.0 Å². The van der Waals surface area contributed by atoms with E-state index >= 15 is 0 Å². The molecule has 0 atom stereocenters. The largest absolute Gasteiger partial charge is 0.244 e. The first kappa shape index (κ1) is 12.9. The van der Waals surface area contributed by atoms with Crippen molar-refractivity contribution >= 4 is 21.1 Å². The summed E-state index contributed by atoms with van der Waals surface area (Å²) in [6, 6.07) is 16.4. The number of fused-ring (bicyclic) bond motifs is 1. The van der Waals surface area contributed by atoms with Gasteiger partial charge in [0.15, 0.2) is 0 Å². The molecule has 1 heterocycles. The fraction of sp³-hybridized carbons (Fsp3) is 0.133. The first-order chi connectivity index (χ1) is 9.58. The van der Waals surface area contributed by atoms with Gasteiger partial charge in [-0.05, 0) is 24.6 Å². The Labute approximate surface area is 117 Å². The highest BCUT2D eigenvalue weighted by Gasteiger charge is 2.20. The molecule has 5 heteroatoms. The fourth-order valence-electron chi connectivity index (χ4n) is 2.33. The van der Waals surface area contributed by atoms with Gasteiger partial charge in [0, 0.05) is 0 Å². The third-order valence-electron chi connectivity index (χ3n) is 3.15. The van der Waals surface area contributed by atoms with Gasteiger partial charge in [0.2, 0.25) is 10.0 Å². The highest BCUT2D eigenvalue weighted by atomic mass is 32.2. The zero-order valence-electron chi connectivity index (χ0n) is 11.0. The van der Waals surface area contributed by atoms with Crippen LogP contribution in [0.2, 0.25) is 0 Å². The number of imidazole rings is 1. The van der Waals surface area contributed by atoms with Crippen LogP contribution >= 0.6 is 0 Å². The van der Waals surface area contributed by atoms with Crippen LogP contribution in [-0.4, -0.2) is 17.4 Å². The van der Waals surface area contributed by atoms with Crippen LogP contribution in [0.15, 0.2) is 54.6 Å². The molecule has 1 aromatic heterocycles. The number of aromatic nitrogens is 2. The zero-order chi connectivity index (χ0) is 14.2. The minimum absolute atomic E-state index is 0.0327. The molecule has 0 N–H and O–H groups in total. The van der Waals surface area contributed by atoms with E-state index in [0.717, 1.165) is 5.56 Å². The molecule has 3 rings (SSSR count). The molecule has 102 valence electrons. The molecule has 0 aliphatic rings. The summed E-state index contributed by atoms with van der Waals surface area (Å²) in [5, 5.41) is 0. The van der Waals surface area contributed by atoms with E-state index in [1.54, 1.807) is 13.0 Å². The van der Waals surface area contributed by atoms with Crippen LogP contribution in [0, 0.1) is 6.92 Å². The Hall–Kier alpha value is -2.14. The zero-order valence-corrected chi connectivity index (χ0v) is 11.8. The summed E-state index contributed by atoms with van der Waals surface area (Å²) in [6.45, 7) is 1.71. The summed E-state index contributed by atoms with van der Waals surface area (Å²) < 4.78 is 26.6. The van der Waals surface area contributed by atoms with Crippen molar-refractivity contribution in [2.75, 3.05) is 0 Å². The number of para-hydroxylation sites is 2. The van der Waals surface area contributed by atoms with Crippen molar-refractivity contribution in [1.29, 1.82) is 0 Å². The number of rotatable bonds is 3. The maximum absolute atomic E-state index is 12.6. The van der Waals surface area contributed by atoms with Crippen LogP contribution in [-0.2, 0) is 15.8 Å². The van der Waals surface area contributed by atoms with E-state index in [1.807, 2.05) is 48.5 Å². The lowest BCUT2D eigenvalue weighted by molar-refractivity contribution is 0.586. The molecule has 2 aromatic carbocycles. The average molecular weight is 286 g/mol. The van der Waals surface area contributed by atoms with Gasteiger partial charge in [0.25, 0.3) is 0 Å². The smallest absolute Gasteiger partial charge is 0.232 e. The van der Waals surface area contributed by atoms with Crippen LogP contribution in [0.25, 0.3) is 11.0 Å². The Balaban J connectivity index is 2.12. The van der Waals surface area contributed by atoms with E-state index in [9.17, 15) is 8.42 Å². The van der Waals surface area contributed by atoms with Gasteiger partial charge in [-0.2, -0.15) is 0 Å². The van der Waals surface area contributed by atoms with Crippen LogP contribution < -0.4 is 0 Å². The Kier molecular flexibility index (Phi) is 3.06. The molecule has 0 saturated carbocycles. The van der Waals surface area contributed by atoms with E-state index < -0.39 is 10.0 Å². The third-order valence-corrected chi connectivity index (χ3v) is 4.86. The number of benzene rings is 2. The second-order valence-corrected chi connectivity index (χ2v) is 6.47. The fourth-order valence-corrected chi connectivity index (χ4v) is 3.97. The first-order valence-corrected chi connectivity index (χ1v) is 7.90. The van der Waals surface area contributed by atoms with Gasteiger partial charge in [-0.15, -0.1) is 0 Å². The molecule has 3 aromatic rings. The van der Waals surface area contributed by atoms with Gasteiger partial charge < -0.3 is 0 Å². The van der Waals surface area contributed by atoms with Gasteiger partial charge >= 0.3 is 0 Å². The maximum atomic E-state index is 12.6. The molecule has 20 heavy (non-hydrogen) atoms. The summed E-state index contributed by atoms with van der Waals surface area (Å²) in [6.07, 6.45) is 0. The second kappa shape index (κ2) is 4.76. The number of aryl methyl sites for hydroxylation is 1. The Morgan fingerprint density at radius 2 is 1.65 bits per heavy atom. The quantitative estimate of drug-likeness (QED) is 0.744. The number of hydrogen-bond acceptors (Lipinski definition) is 3. The monoisotopic (exact) mass is 286 g/mol. The standard InChI is InChI=1S/C15H14N2O2S/c1-12-16-14-9-5-6-10-15(14)17(12)20(18,19)11-13-7-3-2-4-8-13/h2-10H,11H2,1H3. The van der Waals surface area contributed by atoms with Crippen molar-refractivity contribution < 1.29 is 8.42 Å². The summed E-state index contributed by atoms with van der Waals surface area (Å²) >= 11 is 0. The molecule has 0 saturated heterocycles. The van der Waals surface area contributed by atoms with Gasteiger partial charge in [0.05, 0.1) is 16.8 Å². The molecule has 0 bridgehead atoms. The van der Waals surface area contributed by atoms with Crippen molar-refractivity contribution in [3.63, 3.8) is 0 Å². The summed E-state index contributed by atoms with van der Waals surface area (Å²) in [4.78, 5) is 4.30. The van der Waals surface area contributed by atoms with E-state index in [2.05, 4.69) is 4.98 Å². The maximum Gasteiger partial charge on any atom is 0.244 e. The van der Waals surface area contributed by atoms with Crippen LogP contribution in [0.5, 0.6) is 0 Å². The van der Waals surface area contributed by atoms with Crippen molar-refractivity contribution in [2.24, 2.45) is 0 Å². The van der Waals surface area contributed by atoms with Gasteiger partial charge in [-0.3, -0.25) is 0 Å². The van der Waals surface area contributed by atoms with E-state index in [1.165, 1.54) is 3.97 Å². The lowest BCUT2D eigenvalue weighted by Gasteiger charge is -2.08. The summed E-state index contributed by atoms with van der Waals surface area (Å²) in [5.41, 5.74) is 2.09. The molecule has 0 unspecified atom stereocenters. The van der Waals surface area contributed by atoms with Gasteiger partial charge in [0.1, 0.15) is 5.82 Å². The third kappa shape index (κ3) is 2.20. The van der Waals surface area contributed by atoms with E-state index in [4.69, 9.17) is 0 Å². The summed E-state index contributed by atoms with van der Waals surface area (Å²) in [5.74, 6) is 0.455. The Morgan fingerprint density at radius 3 is 2.40 bits per heavy atom. The number of hydrogen-bond donors (Lipinski definition) is 0. The molecule has 0 radical (unpaired) electrons. The molecular formula is C15H14N2O2S. The molecule has 4 nitrogen and oxygen atoms in total. The Morgan fingerprint density at radius 1 is 1.00 bits per heavy atom.